The van der Waals surface area contributed by atoms with E-state index in [1.165, 1.54) is 12.1 Å². The Morgan fingerprint density at radius 1 is 0.829 bits per heavy atom. The fourth-order valence-corrected chi connectivity index (χ4v) is 4.32. The minimum absolute atomic E-state index is 0.0144. The molecule has 0 N–H and O–H groups in total. The zero-order valence-electron chi connectivity index (χ0n) is 20.2. The van der Waals surface area contributed by atoms with Gasteiger partial charge in [-0.15, -0.1) is 0 Å². The summed E-state index contributed by atoms with van der Waals surface area (Å²) in [6.07, 6.45) is 0. The third kappa shape index (κ3) is 4.72. The van der Waals surface area contributed by atoms with Gasteiger partial charge in [0.15, 0.2) is 0 Å². The summed E-state index contributed by atoms with van der Waals surface area (Å²) in [7, 11) is 6.05. The van der Waals surface area contributed by atoms with Crippen molar-refractivity contribution in [3.05, 3.63) is 78.1 Å². The van der Waals surface area contributed by atoms with Gasteiger partial charge in [0.25, 0.3) is 5.91 Å². The van der Waals surface area contributed by atoms with Crippen LogP contribution in [-0.2, 0) is 0 Å². The third-order valence-electron chi connectivity index (χ3n) is 6.46. The van der Waals surface area contributed by atoms with Crippen LogP contribution in [0.15, 0.2) is 66.7 Å². The fourth-order valence-electron chi connectivity index (χ4n) is 4.32. The summed E-state index contributed by atoms with van der Waals surface area (Å²) in [6.45, 7) is 3.16. The molecule has 0 radical (unpaired) electrons. The van der Waals surface area contributed by atoms with Crippen LogP contribution in [0.5, 0.6) is 0 Å². The summed E-state index contributed by atoms with van der Waals surface area (Å²) < 4.78 is 13.6. The molecule has 3 aromatic carbocycles. The number of anilines is 1. The Morgan fingerprint density at radius 3 is 2.23 bits per heavy atom. The number of fused-ring (bicyclic) bond motifs is 1. The van der Waals surface area contributed by atoms with Crippen LogP contribution in [0.1, 0.15) is 10.4 Å². The zero-order valence-corrected chi connectivity index (χ0v) is 20.2. The number of benzene rings is 3. The highest BCUT2D eigenvalue weighted by Crippen LogP contribution is 2.33. The minimum Gasteiger partial charge on any atom is -0.378 e. The average Bonchev–Trinajstić information content (AvgIpc) is 2.88. The first kappa shape index (κ1) is 22.9. The number of amides is 1. The van der Waals surface area contributed by atoms with Gasteiger partial charge in [-0.2, -0.15) is 0 Å². The van der Waals surface area contributed by atoms with Gasteiger partial charge in [-0.25, -0.2) is 14.4 Å². The fraction of sp³-hybridized carbons (Fsp3) is 0.250. The van der Waals surface area contributed by atoms with Crippen molar-refractivity contribution >= 4 is 22.6 Å². The highest BCUT2D eigenvalue weighted by Gasteiger charge is 2.21. The molecule has 7 heteroatoms. The number of aromatic nitrogens is 2. The highest BCUT2D eigenvalue weighted by atomic mass is 19.1. The van der Waals surface area contributed by atoms with E-state index in [1.807, 2.05) is 60.3 Å². The van der Waals surface area contributed by atoms with Crippen molar-refractivity contribution in [2.45, 2.75) is 0 Å². The molecule has 0 aliphatic carbocycles. The molecule has 5 rings (SSSR count). The maximum atomic E-state index is 13.6. The lowest BCUT2D eigenvalue weighted by molar-refractivity contribution is 0.0664. The Labute approximate surface area is 204 Å². The molecule has 0 atom stereocenters. The lowest BCUT2D eigenvalue weighted by Crippen LogP contribution is -2.47. The topological polar surface area (TPSA) is 52.6 Å². The van der Waals surface area contributed by atoms with Crippen molar-refractivity contribution in [2.24, 2.45) is 0 Å². The maximum Gasteiger partial charge on any atom is 0.254 e. The molecular weight excluding hydrogens is 441 g/mol. The second-order valence-corrected chi connectivity index (χ2v) is 9.17. The summed E-state index contributed by atoms with van der Waals surface area (Å²) in [6, 6.07) is 19.9. The molecule has 1 fully saturated rings. The predicted molar refractivity (Wildman–Crippen MR) is 138 cm³/mol. The monoisotopic (exact) mass is 469 g/mol. The lowest BCUT2D eigenvalue weighted by atomic mass is 10.0. The van der Waals surface area contributed by atoms with Crippen LogP contribution in [0.4, 0.5) is 10.1 Å². The Kier molecular flexibility index (Phi) is 6.17. The number of nitrogens with zero attached hydrogens (tertiary/aromatic N) is 5. The molecule has 0 saturated carbocycles. The van der Waals surface area contributed by atoms with Gasteiger partial charge in [0, 0.05) is 62.7 Å². The summed E-state index contributed by atoms with van der Waals surface area (Å²) in [5.74, 6) is -0.286. The Morgan fingerprint density at radius 2 is 1.51 bits per heavy atom. The first-order valence-electron chi connectivity index (χ1n) is 11.7. The molecule has 0 unspecified atom stereocenters. The van der Waals surface area contributed by atoms with Crippen LogP contribution in [-0.4, -0.2) is 73.0 Å². The van der Waals surface area contributed by atoms with Crippen molar-refractivity contribution in [1.29, 1.82) is 0 Å². The van der Waals surface area contributed by atoms with E-state index in [-0.39, 0.29) is 11.7 Å². The number of carbonyl (C=O) groups excluding carboxylic acids is 1. The Hall–Kier alpha value is -3.84. The number of piperazine rings is 1. The molecular formula is C28H28FN5O. The van der Waals surface area contributed by atoms with Gasteiger partial charge >= 0.3 is 0 Å². The molecule has 1 saturated heterocycles. The lowest BCUT2D eigenvalue weighted by Gasteiger charge is -2.32. The minimum atomic E-state index is -0.300. The van der Waals surface area contributed by atoms with Crippen LogP contribution in [0.2, 0.25) is 0 Å². The van der Waals surface area contributed by atoms with E-state index in [0.717, 1.165) is 29.9 Å². The largest absolute Gasteiger partial charge is 0.378 e. The molecule has 1 aliphatic rings. The third-order valence-corrected chi connectivity index (χ3v) is 6.46. The smallest absolute Gasteiger partial charge is 0.254 e. The molecule has 1 amide bonds. The van der Waals surface area contributed by atoms with Gasteiger partial charge in [0.1, 0.15) is 5.82 Å². The van der Waals surface area contributed by atoms with Gasteiger partial charge in [-0.05, 0) is 61.6 Å². The standard InChI is InChI=1S/C28H28FN5O/c1-32(2)23-6-4-5-20(17-23)27-26(19-7-10-22(29)11-8-19)30-24-12-9-21(18-25(24)31-27)28(35)34-15-13-33(3)14-16-34/h4-12,17-18H,13-16H2,1-3H3. The van der Waals surface area contributed by atoms with Crippen LogP contribution in [0.25, 0.3) is 33.5 Å². The molecule has 0 spiro atoms. The molecule has 4 aromatic rings. The molecule has 178 valence electrons. The van der Waals surface area contributed by atoms with Gasteiger partial charge in [-0.1, -0.05) is 12.1 Å². The van der Waals surface area contributed by atoms with Crippen LogP contribution >= 0.6 is 0 Å². The molecule has 6 nitrogen and oxygen atoms in total. The van der Waals surface area contributed by atoms with Crippen molar-refractivity contribution in [1.82, 2.24) is 19.8 Å². The second-order valence-electron chi connectivity index (χ2n) is 9.17. The van der Waals surface area contributed by atoms with Crippen molar-refractivity contribution in [3.8, 4) is 22.5 Å². The van der Waals surface area contributed by atoms with E-state index < -0.39 is 0 Å². The van der Waals surface area contributed by atoms with Crippen LogP contribution in [0.3, 0.4) is 0 Å². The highest BCUT2D eigenvalue weighted by molar-refractivity contribution is 5.98. The summed E-state index contributed by atoms with van der Waals surface area (Å²) >= 11 is 0. The number of hydrogen-bond donors (Lipinski definition) is 0. The van der Waals surface area contributed by atoms with E-state index in [9.17, 15) is 9.18 Å². The number of likely N-dealkylation sites (N-methyl/N-ethyl adjacent to an activating group) is 1. The summed E-state index contributed by atoms with van der Waals surface area (Å²) in [5, 5.41) is 0. The quantitative estimate of drug-likeness (QED) is 0.439. The van der Waals surface area contributed by atoms with E-state index in [1.54, 1.807) is 12.1 Å². The number of halogens is 1. The van der Waals surface area contributed by atoms with Gasteiger partial charge in [0.2, 0.25) is 0 Å². The van der Waals surface area contributed by atoms with Crippen molar-refractivity contribution in [2.75, 3.05) is 52.2 Å². The van der Waals surface area contributed by atoms with Crippen molar-refractivity contribution in [3.63, 3.8) is 0 Å². The van der Waals surface area contributed by atoms with E-state index in [2.05, 4.69) is 18.0 Å². The number of carbonyl (C=O) groups is 1. The van der Waals surface area contributed by atoms with Crippen molar-refractivity contribution < 1.29 is 9.18 Å². The molecule has 1 aromatic heterocycles. The predicted octanol–water partition coefficient (Wildman–Crippen LogP) is 4.56. The zero-order chi connectivity index (χ0) is 24.5. The second kappa shape index (κ2) is 9.43. The van der Waals surface area contributed by atoms with E-state index in [4.69, 9.17) is 9.97 Å². The molecule has 35 heavy (non-hydrogen) atoms. The number of hydrogen-bond acceptors (Lipinski definition) is 5. The van der Waals surface area contributed by atoms with Gasteiger partial charge < -0.3 is 14.7 Å². The first-order valence-corrected chi connectivity index (χ1v) is 11.7. The van der Waals surface area contributed by atoms with E-state index in [0.29, 0.717) is 41.1 Å². The van der Waals surface area contributed by atoms with Gasteiger partial charge in [0.05, 0.1) is 22.4 Å². The molecule has 0 bridgehead atoms. The Bertz CT molecular complexity index is 1380. The Balaban J connectivity index is 1.62. The van der Waals surface area contributed by atoms with Gasteiger partial charge in [-0.3, -0.25) is 4.79 Å². The normalized spacial score (nSPS) is 14.3. The summed E-state index contributed by atoms with van der Waals surface area (Å²) in [5.41, 5.74) is 6.04. The average molecular weight is 470 g/mol. The van der Waals surface area contributed by atoms with E-state index >= 15 is 0 Å². The van der Waals surface area contributed by atoms with Crippen LogP contribution in [0, 0.1) is 5.82 Å². The SMILES string of the molecule is CN1CCN(C(=O)c2ccc3nc(-c4ccc(F)cc4)c(-c4cccc(N(C)C)c4)nc3c2)CC1. The molecule has 1 aliphatic heterocycles. The molecule has 2 heterocycles. The first-order chi connectivity index (χ1) is 16.9. The number of rotatable bonds is 4. The van der Waals surface area contributed by atoms with Crippen LogP contribution < -0.4 is 4.90 Å². The maximum absolute atomic E-state index is 13.6. The summed E-state index contributed by atoms with van der Waals surface area (Å²) in [4.78, 5) is 29.2.